The summed E-state index contributed by atoms with van der Waals surface area (Å²) in [5, 5.41) is 3.68. The molecule has 4 nitrogen and oxygen atoms in total. The van der Waals surface area contributed by atoms with Gasteiger partial charge in [0.2, 0.25) is 0 Å². The molecule has 0 aromatic rings. The van der Waals surface area contributed by atoms with Gasteiger partial charge in [-0.05, 0) is 25.2 Å². The molecule has 0 bridgehead atoms. The smallest absolute Gasteiger partial charge is 0.168 e. The van der Waals surface area contributed by atoms with E-state index in [2.05, 4.69) is 5.32 Å². The Morgan fingerprint density at radius 3 is 2.41 bits per heavy atom. The molecular weight excluding hydrogens is 218 g/mol. The highest BCUT2D eigenvalue weighted by molar-refractivity contribution is 4.86. The monoisotopic (exact) mass is 241 g/mol. The van der Waals surface area contributed by atoms with Crippen molar-refractivity contribution >= 4 is 0 Å². The fraction of sp³-hybridized carbons (Fsp3) is 1.00. The fourth-order valence-corrected chi connectivity index (χ4v) is 3.13. The van der Waals surface area contributed by atoms with E-state index in [-0.39, 0.29) is 5.79 Å². The van der Waals surface area contributed by atoms with E-state index in [0.717, 1.165) is 51.7 Å². The summed E-state index contributed by atoms with van der Waals surface area (Å²) in [4.78, 5) is 0. The summed E-state index contributed by atoms with van der Waals surface area (Å²) in [6.45, 7) is 4.55. The van der Waals surface area contributed by atoms with Gasteiger partial charge in [0.25, 0.3) is 0 Å². The van der Waals surface area contributed by atoms with Crippen LogP contribution in [-0.4, -0.2) is 44.8 Å². The first kappa shape index (κ1) is 11.9. The van der Waals surface area contributed by atoms with Crippen LogP contribution in [0.3, 0.4) is 0 Å². The fourth-order valence-electron chi connectivity index (χ4n) is 3.13. The van der Waals surface area contributed by atoms with E-state index in [4.69, 9.17) is 14.2 Å². The number of nitrogens with one attached hydrogen (secondary N) is 1. The molecule has 1 atom stereocenters. The summed E-state index contributed by atoms with van der Waals surface area (Å²) >= 11 is 0. The first-order valence-corrected chi connectivity index (χ1v) is 6.95. The van der Waals surface area contributed by atoms with E-state index in [9.17, 15) is 0 Å². The van der Waals surface area contributed by atoms with Gasteiger partial charge in [0.05, 0.1) is 19.8 Å². The maximum absolute atomic E-state index is 5.74. The normalized spacial score (nSPS) is 33.5. The topological polar surface area (TPSA) is 39.7 Å². The second-order valence-electron chi connectivity index (χ2n) is 5.52. The maximum Gasteiger partial charge on any atom is 0.168 e. The van der Waals surface area contributed by atoms with Crippen molar-refractivity contribution in [1.29, 1.82) is 0 Å². The lowest BCUT2D eigenvalue weighted by molar-refractivity contribution is -0.179. The van der Waals surface area contributed by atoms with Crippen molar-refractivity contribution in [3.05, 3.63) is 0 Å². The Hall–Kier alpha value is -0.160. The predicted molar refractivity (Wildman–Crippen MR) is 63.8 cm³/mol. The Morgan fingerprint density at radius 1 is 1.00 bits per heavy atom. The summed E-state index contributed by atoms with van der Waals surface area (Å²) < 4.78 is 16.9. The number of ether oxygens (including phenoxy) is 3. The summed E-state index contributed by atoms with van der Waals surface area (Å²) in [5.41, 5.74) is 0. The molecule has 1 N–H and O–H groups in total. The molecule has 0 aromatic carbocycles. The quantitative estimate of drug-likeness (QED) is 0.808. The van der Waals surface area contributed by atoms with Crippen molar-refractivity contribution in [2.24, 2.45) is 5.92 Å². The maximum atomic E-state index is 5.74. The molecule has 17 heavy (non-hydrogen) atoms. The molecule has 0 amide bonds. The highest BCUT2D eigenvalue weighted by Gasteiger charge is 2.40. The van der Waals surface area contributed by atoms with Gasteiger partial charge >= 0.3 is 0 Å². The zero-order valence-electron chi connectivity index (χ0n) is 10.5. The van der Waals surface area contributed by atoms with Gasteiger partial charge in [-0.25, -0.2) is 0 Å². The van der Waals surface area contributed by atoms with Crippen LogP contribution in [0.4, 0.5) is 0 Å². The van der Waals surface area contributed by atoms with Crippen LogP contribution in [0.2, 0.25) is 0 Å². The zero-order valence-corrected chi connectivity index (χ0v) is 10.5. The zero-order chi connectivity index (χ0) is 11.6. The van der Waals surface area contributed by atoms with Crippen LogP contribution < -0.4 is 5.32 Å². The highest BCUT2D eigenvalue weighted by atomic mass is 16.7. The molecule has 3 aliphatic rings. The number of rotatable bonds is 3. The van der Waals surface area contributed by atoms with Crippen LogP contribution in [-0.2, 0) is 14.2 Å². The SMILES string of the molecule is C1CC(CNC2CCC3(CC2)OCCO3)CO1. The van der Waals surface area contributed by atoms with Gasteiger partial charge in [-0.1, -0.05) is 0 Å². The van der Waals surface area contributed by atoms with E-state index in [0.29, 0.717) is 6.04 Å². The van der Waals surface area contributed by atoms with Gasteiger partial charge in [-0.3, -0.25) is 0 Å². The lowest BCUT2D eigenvalue weighted by atomic mass is 9.89. The summed E-state index contributed by atoms with van der Waals surface area (Å²) in [7, 11) is 0. The summed E-state index contributed by atoms with van der Waals surface area (Å²) in [6, 6.07) is 0.647. The van der Waals surface area contributed by atoms with Crippen molar-refractivity contribution < 1.29 is 14.2 Å². The second-order valence-corrected chi connectivity index (χ2v) is 5.52. The van der Waals surface area contributed by atoms with Gasteiger partial charge in [0.1, 0.15) is 0 Å². The lowest BCUT2D eigenvalue weighted by Gasteiger charge is -2.36. The molecule has 1 spiro atoms. The average molecular weight is 241 g/mol. The van der Waals surface area contributed by atoms with Crippen molar-refractivity contribution in [2.45, 2.75) is 43.9 Å². The predicted octanol–water partition coefficient (Wildman–Crippen LogP) is 1.30. The molecule has 4 heteroatoms. The van der Waals surface area contributed by atoms with E-state index in [1.54, 1.807) is 0 Å². The summed E-state index contributed by atoms with van der Waals surface area (Å²) in [6.07, 6.45) is 5.66. The molecule has 0 aromatic heterocycles. The van der Waals surface area contributed by atoms with E-state index >= 15 is 0 Å². The third-order valence-electron chi connectivity index (χ3n) is 4.28. The standard InChI is InChI=1S/C13H23NO3/c1-4-13(16-7-8-17-13)5-2-12(1)14-9-11-3-6-15-10-11/h11-12,14H,1-10H2. The van der Waals surface area contributed by atoms with Crippen LogP contribution in [0.1, 0.15) is 32.1 Å². The molecule has 2 aliphatic heterocycles. The van der Waals surface area contributed by atoms with Crippen LogP contribution in [0.25, 0.3) is 0 Å². The number of hydrogen-bond donors (Lipinski definition) is 1. The van der Waals surface area contributed by atoms with Crippen molar-refractivity contribution in [3.63, 3.8) is 0 Å². The average Bonchev–Trinajstić information content (AvgIpc) is 3.01. The van der Waals surface area contributed by atoms with Gasteiger partial charge in [-0.2, -0.15) is 0 Å². The van der Waals surface area contributed by atoms with Crippen LogP contribution in [0, 0.1) is 5.92 Å². The molecular formula is C13H23NO3. The van der Waals surface area contributed by atoms with Crippen molar-refractivity contribution in [3.8, 4) is 0 Å². The van der Waals surface area contributed by atoms with Crippen molar-refractivity contribution in [2.75, 3.05) is 33.0 Å². The molecule has 2 heterocycles. The molecule has 2 saturated heterocycles. The third kappa shape index (κ3) is 2.81. The molecule has 1 saturated carbocycles. The molecule has 98 valence electrons. The van der Waals surface area contributed by atoms with E-state index in [1.807, 2.05) is 0 Å². The minimum Gasteiger partial charge on any atom is -0.381 e. The highest BCUT2D eigenvalue weighted by Crippen LogP contribution is 2.35. The Kier molecular flexibility index (Phi) is 3.66. The molecule has 3 fully saturated rings. The Bertz CT molecular complexity index is 234. The Labute approximate surface area is 103 Å². The van der Waals surface area contributed by atoms with Crippen molar-refractivity contribution in [1.82, 2.24) is 5.32 Å². The molecule has 0 radical (unpaired) electrons. The Morgan fingerprint density at radius 2 is 1.76 bits per heavy atom. The molecule has 1 aliphatic carbocycles. The first-order valence-electron chi connectivity index (χ1n) is 6.95. The molecule has 1 unspecified atom stereocenters. The second kappa shape index (κ2) is 5.22. The molecule has 3 rings (SSSR count). The largest absolute Gasteiger partial charge is 0.381 e. The minimum atomic E-state index is -0.214. The van der Waals surface area contributed by atoms with Crippen LogP contribution >= 0.6 is 0 Å². The number of hydrogen-bond acceptors (Lipinski definition) is 4. The Balaban J connectivity index is 1.39. The third-order valence-corrected chi connectivity index (χ3v) is 4.28. The van der Waals surface area contributed by atoms with Gasteiger partial charge < -0.3 is 19.5 Å². The van der Waals surface area contributed by atoms with E-state index < -0.39 is 0 Å². The lowest BCUT2D eigenvalue weighted by Crippen LogP contribution is -2.43. The first-order chi connectivity index (χ1) is 8.36. The van der Waals surface area contributed by atoms with Crippen LogP contribution in [0.5, 0.6) is 0 Å². The van der Waals surface area contributed by atoms with Gasteiger partial charge in [-0.15, -0.1) is 0 Å². The summed E-state index contributed by atoms with van der Waals surface area (Å²) in [5.74, 6) is 0.513. The van der Waals surface area contributed by atoms with Gasteiger partial charge in [0.15, 0.2) is 5.79 Å². The van der Waals surface area contributed by atoms with Crippen LogP contribution in [0.15, 0.2) is 0 Å². The minimum absolute atomic E-state index is 0.214. The van der Waals surface area contributed by atoms with E-state index in [1.165, 1.54) is 19.3 Å². The van der Waals surface area contributed by atoms with Gasteiger partial charge in [0, 0.05) is 32.0 Å².